The van der Waals surface area contributed by atoms with Crippen LogP contribution in [0.15, 0.2) is 42.5 Å². The molecular formula is C19H17ClN2O4. The molecule has 2 unspecified atom stereocenters. The van der Waals surface area contributed by atoms with Gasteiger partial charge < -0.3 is 9.47 Å². The first-order chi connectivity index (χ1) is 12.6. The van der Waals surface area contributed by atoms with Gasteiger partial charge in [0.2, 0.25) is 5.91 Å². The standard InChI is InChI=1S/C19H17ClN2O4/c20-15-4-2-1-3-12(15)13-10-14(13)19(24)22-21-18(23)11-5-6-16-17(9-11)26-8-7-25-16/h1-6,9,13-14H,7-8,10H2,(H,21,23)(H,22,24). The van der Waals surface area contributed by atoms with Crippen molar-refractivity contribution in [2.24, 2.45) is 5.92 Å². The summed E-state index contributed by atoms with van der Waals surface area (Å²) < 4.78 is 10.9. The molecule has 1 saturated carbocycles. The lowest BCUT2D eigenvalue weighted by Crippen LogP contribution is -2.42. The van der Waals surface area contributed by atoms with E-state index in [9.17, 15) is 9.59 Å². The van der Waals surface area contributed by atoms with Crippen LogP contribution in [-0.2, 0) is 4.79 Å². The Labute approximate surface area is 155 Å². The zero-order valence-corrected chi connectivity index (χ0v) is 14.6. The largest absolute Gasteiger partial charge is 0.486 e. The summed E-state index contributed by atoms with van der Waals surface area (Å²) in [5.41, 5.74) is 6.28. The molecule has 2 amide bonds. The van der Waals surface area contributed by atoms with E-state index in [-0.39, 0.29) is 17.7 Å². The summed E-state index contributed by atoms with van der Waals surface area (Å²) in [7, 11) is 0. The van der Waals surface area contributed by atoms with Crippen LogP contribution in [0.1, 0.15) is 28.3 Å². The van der Waals surface area contributed by atoms with Crippen molar-refractivity contribution in [3.63, 3.8) is 0 Å². The van der Waals surface area contributed by atoms with Crippen molar-refractivity contribution in [1.82, 2.24) is 10.9 Å². The fourth-order valence-electron chi connectivity index (χ4n) is 3.07. The summed E-state index contributed by atoms with van der Waals surface area (Å²) in [6, 6.07) is 12.4. The van der Waals surface area contributed by atoms with Gasteiger partial charge in [0.15, 0.2) is 11.5 Å². The molecule has 4 rings (SSSR count). The van der Waals surface area contributed by atoms with E-state index in [1.54, 1.807) is 18.2 Å². The molecule has 1 fully saturated rings. The van der Waals surface area contributed by atoms with Crippen LogP contribution >= 0.6 is 11.6 Å². The van der Waals surface area contributed by atoms with E-state index in [1.807, 2.05) is 24.3 Å². The van der Waals surface area contributed by atoms with Crippen LogP contribution in [0.3, 0.4) is 0 Å². The van der Waals surface area contributed by atoms with Crippen LogP contribution in [0.4, 0.5) is 0 Å². The van der Waals surface area contributed by atoms with Gasteiger partial charge in [0, 0.05) is 16.5 Å². The lowest BCUT2D eigenvalue weighted by atomic mass is 10.1. The molecule has 1 aliphatic heterocycles. The van der Waals surface area contributed by atoms with Gasteiger partial charge >= 0.3 is 0 Å². The molecule has 0 aromatic heterocycles. The van der Waals surface area contributed by atoms with Crippen LogP contribution in [0.25, 0.3) is 0 Å². The average Bonchev–Trinajstić information content (AvgIpc) is 3.46. The highest BCUT2D eigenvalue weighted by molar-refractivity contribution is 6.31. The third kappa shape index (κ3) is 3.32. The first kappa shape index (κ1) is 16.7. The summed E-state index contributed by atoms with van der Waals surface area (Å²) >= 11 is 6.17. The second-order valence-corrected chi connectivity index (χ2v) is 6.68. The Kier molecular flexibility index (Phi) is 4.42. The van der Waals surface area contributed by atoms with E-state index >= 15 is 0 Å². The first-order valence-corrected chi connectivity index (χ1v) is 8.75. The molecule has 2 aliphatic rings. The SMILES string of the molecule is O=C(NNC(=O)C1CC1c1ccccc1Cl)c1ccc2c(c1)OCCO2. The van der Waals surface area contributed by atoms with E-state index in [1.165, 1.54) is 0 Å². The van der Waals surface area contributed by atoms with Crippen molar-refractivity contribution in [2.45, 2.75) is 12.3 Å². The van der Waals surface area contributed by atoms with Crippen molar-refractivity contribution < 1.29 is 19.1 Å². The molecule has 1 aliphatic carbocycles. The fourth-order valence-corrected chi connectivity index (χ4v) is 3.35. The van der Waals surface area contributed by atoms with Gasteiger partial charge in [-0.1, -0.05) is 29.8 Å². The van der Waals surface area contributed by atoms with Crippen molar-refractivity contribution in [3.8, 4) is 11.5 Å². The summed E-state index contributed by atoms with van der Waals surface area (Å²) in [6.45, 7) is 0.933. The molecule has 2 aromatic rings. The van der Waals surface area contributed by atoms with Gasteiger partial charge in [0.05, 0.1) is 0 Å². The number of hydrogen-bond donors (Lipinski definition) is 2. The van der Waals surface area contributed by atoms with E-state index in [0.717, 1.165) is 12.0 Å². The molecule has 0 spiro atoms. The number of rotatable bonds is 3. The number of carbonyl (C=O) groups excluding carboxylic acids is 2. The van der Waals surface area contributed by atoms with Gasteiger partial charge in [-0.3, -0.25) is 20.4 Å². The first-order valence-electron chi connectivity index (χ1n) is 8.38. The van der Waals surface area contributed by atoms with Crippen LogP contribution in [0.2, 0.25) is 5.02 Å². The highest BCUT2D eigenvalue weighted by Crippen LogP contribution is 2.49. The second kappa shape index (κ2) is 6.88. The van der Waals surface area contributed by atoms with Gasteiger partial charge in [0.25, 0.3) is 5.91 Å². The zero-order chi connectivity index (χ0) is 18.1. The quantitative estimate of drug-likeness (QED) is 0.812. The Hall–Kier alpha value is -2.73. The molecule has 2 aromatic carbocycles. The summed E-state index contributed by atoms with van der Waals surface area (Å²) in [4.78, 5) is 24.5. The van der Waals surface area contributed by atoms with Crippen molar-refractivity contribution in [2.75, 3.05) is 13.2 Å². The Balaban J connectivity index is 1.34. The van der Waals surface area contributed by atoms with E-state index in [4.69, 9.17) is 21.1 Å². The van der Waals surface area contributed by atoms with Gasteiger partial charge in [-0.25, -0.2) is 0 Å². The number of hydrazine groups is 1. The molecule has 134 valence electrons. The molecule has 2 atom stereocenters. The highest BCUT2D eigenvalue weighted by Gasteiger charge is 2.44. The third-order valence-corrected chi connectivity index (χ3v) is 4.88. The van der Waals surface area contributed by atoms with Crippen LogP contribution in [-0.4, -0.2) is 25.0 Å². The number of fused-ring (bicyclic) bond motifs is 1. The monoisotopic (exact) mass is 372 g/mol. The number of amides is 2. The number of ether oxygens (including phenoxy) is 2. The topological polar surface area (TPSA) is 76.7 Å². The molecule has 7 heteroatoms. The minimum absolute atomic E-state index is 0.0925. The summed E-state index contributed by atoms with van der Waals surface area (Å²) in [6.07, 6.45) is 0.718. The third-order valence-electron chi connectivity index (χ3n) is 4.54. The number of hydrogen-bond acceptors (Lipinski definition) is 4. The van der Waals surface area contributed by atoms with Gasteiger partial charge in [0.1, 0.15) is 13.2 Å². The lowest BCUT2D eigenvalue weighted by molar-refractivity contribution is -0.123. The Morgan fingerprint density at radius 3 is 2.58 bits per heavy atom. The Morgan fingerprint density at radius 1 is 1.00 bits per heavy atom. The maximum Gasteiger partial charge on any atom is 0.269 e. The van der Waals surface area contributed by atoms with Crippen LogP contribution in [0.5, 0.6) is 11.5 Å². The molecule has 0 saturated heterocycles. The highest BCUT2D eigenvalue weighted by atomic mass is 35.5. The second-order valence-electron chi connectivity index (χ2n) is 6.27. The Morgan fingerprint density at radius 2 is 1.77 bits per heavy atom. The minimum atomic E-state index is -0.412. The molecule has 6 nitrogen and oxygen atoms in total. The number of nitrogens with one attached hydrogen (secondary N) is 2. The van der Waals surface area contributed by atoms with Gasteiger partial charge in [-0.05, 0) is 42.2 Å². The molecule has 0 bridgehead atoms. The summed E-state index contributed by atoms with van der Waals surface area (Å²) in [5, 5.41) is 0.660. The molecular weight excluding hydrogens is 356 g/mol. The van der Waals surface area contributed by atoms with Crippen LogP contribution < -0.4 is 20.3 Å². The Bertz CT molecular complexity index is 870. The maximum atomic E-state index is 12.3. The predicted molar refractivity (Wildman–Crippen MR) is 95.3 cm³/mol. The van der Waals surface area contributed by atoms with Crippen molar-refractivity contribution in [1.29, 1.82) is 0 Å². The summed E-state index contributed by atoms with van der Waals surface area (Å²) in [5.74, 6) is 0.407. The molecule has 1 heterocycles. The number of halogens is 1. The maximum absolute atomic E-state index is 12.3. The van der Waals surface area contributed by atoms with Crippen molar-refractivity contribution >= 4 is 23.4 Å². The zero-order valence-electron chi connectivity index (χ0n) is 13.8. The van der Waals surface area contributed by atoms with Gasteiger partial charge in [-0.2, -0.15) is 0 Å². The average molecular weight is 373 g/mol. The number of benzene rings is 2. The van der Waals surface area contributed by atoms with E-state index < -0.39 is 5.91 Å². The normalized spacial score (nSPS) is 20.2. The minimum Gasteiger partial charge on any atom is -0.486 e. The smallest absolute Gasteiger partial charge is 0.269 e. The fraction of sp³-hybridized carbons (Fsp3) is 0.263. The number of carbonyl (C=O) groups is 2. The van der Waals surface area contributed by atoms with E-state index in [0.29, 0.717) is 35.3 Å². The molecule has 2 N–H and O–H groups in total. The van der Waals surface area contributed by atoms with Crippen LogP contribution in [0, 0.1) is 5.92 Å². The van der Waals surface area contributed by atoms with Crippen molar-refractivity contribution in [3.05, 3.63) is 58.6 Å². The molecule has 26 heavy (non-hydrogen) atoms. The predicted octanol–water partition coefficient (Wildman–Crippen LogP) is 2.68. The van der Waals surface area contributed by atoms with E-state index in [2.05, 4.69) is 10.9 Å². The molecule has 0 radical (unpaired) electrons. The van der Waals surface area contributed by atoms with Gasteiger partial charge in [-0.15, -0.1) is 0 Å². The lowest BCUT2D eigenvalue weighted by Gasteiger charge is -2.18.